The number of hydrogen-bond donors (Lipinski definition) is 2. The second kappa shape index (κ2) is 9.89. The van der Waals surface area contributed by atoms with Crippen LogP contribution in [0.15, 0.2) is 66.9 Å². The fourth-order valence-corrected chi connectivity index (χ4v) is 4.00. The molecule has 1 aliphatic rings. The Morgan fingerprint density at radius 3 is 2.26 bits per heavy atom. The number of methoxy groups -OCH3 is 2. The summed E-state index contributed by atoms with van der Waals surface area (Å²) in [5, 5.41) is 13.9. The highest BCUT2D eigenvalue weighted by atomic mass is 19.1. The Morgan fingerprint density at radius 2 is 1.63 bits per heavy atom. The van der Waals surface area contributed by atoms with Gasteiger partial charge in [-0.15, -0.1) is 0 Å². The summed E-state index contributed by atoms with van der Waals surface area (Å²) < 4.78 is 34.9. The molecule has 4 aromatic rings. The minimum Gasteiger partial charge on any atom is -0.504 e. The van der Waals surface area contributed by atoms with Crippen LogP contribution in [0.2, 0.25) is 0 Å². The predicted molar refractivity (Wildman–Crippen MR) is 135 cm³/mol. The quantitative estimate of drug-likeness (QED) is 0.185. The molecule has 38 heavy (non-hydrogen) atoms. The number of carbonyl (C=O) groups excluding carboxylic acids is 2. The summed E-state index contributed by atoms with van der Waals surface area (Å²) >= 11 is 0. The van der Waals surface area contributed by atoms with Crippen molar-refractivity contribution in [2.45, 2.75) is 12.8 Å². The standard InChI is InChI=1S/C28H23FN2O7/c1-35-22-15-20-23(24(32)25(22)36-2)21(11-14-30-20)37-18-9-5-17(6-10-18)31-26(33)28(12-13-28)27(34)38-19-7-3-16(29)4-8-19/h3-11,14-15,32H,12-13H2,1-2H3,(H,31,33). The van der Waals surface area contributed by atoms with E-state index < -0.39 is 23.1 Å². The third kappa shape index (κ3) is 4.63. The topological polar surface area (TPSA) is 116 Å². The molecule has 3 aromatic carbocycles. The van der Waals surface area contributed by atoms with Crippen LogP contribution in [0, 0.1) is 11.2 Å². The first-order chi connectivity index (χ1) is 18.3. The molecular formula is C28H23FN2O7. The van der Waals surface area contributed by atoms with Crippen LogP contribution in [-0.2, 0) is 9.59 Å². The van der Waals surface area contributed by atoms with E-state index in [1.807, 2.05) is 0 Å². The average Bonchev–Trinajstić information content (AvgIpc) is 3.73. The van der Waals surface area contributed by atoms with E-state index in [9.17, 15) is 19.1 Å². The molecule has 1 aliphatic carbocycles. The van der Waals surface area contributed by atoms with Crippen LogP contribution in [0.3, 0.4) is 0 Å². The number of halogens is 1. The van der Waals surface area contributed by atoms with E-state index in [0.29, 0.717) is 46.7 Å². The second-order valence-corrected chi connectivity index (χ2v) is 8.67. The second-order valence-electron chi connectivity index (χ2n) is 8.67. The number of aromatic hydroxyl groups is 1. The number of aromatic nitrogens is 1. The minimum atomic E-state index is -1.28. The molecule has 1 heterocycles. The maximum atomic E-state index is 13.1. The van der Waals surface area contributed by atoms with Gasteiger partial charge in [-0.3, -0.25) is 14.6 Å². The molecule has 1 aromatic heterocycles. The number of ether oxygens (including phenoxy) is 4. The number of nitrogens with zero attached hydrogens (tertiary/aromatic N) is 1. The molecule has 0 unspecified atom stereocenters. The van der Waals surface area contributed by atoms with Gasteiger partial charge in [-0.25, -0.2) is 4.39 Å². The molecule has 10 heteroatoms. The third-order valence-corrected chi connectivity index (χ3v) is 6.25. The van der Waals surface area contributed by atoms with Gasteiger partial charge in [0.2, 0.25) is 11.7 Å². The van der Waals surface area contributed by atoms with Gasteiger partial charge in [-0.1, -0.05) is 0 Å². The predicted octanol–water partition coefficient (Wildman–Crippen LogP) is 5.21. The van der Waals surface area contributed by atoms with Crippen molar-refractivity contribution in [3.8, 4) is 34.5 Å². The van der Waals surface area contributed by atoms with Gasteiger partial charge >= 0.3 is 5.97 Å². The fraction of sp³-hybridized carbons (Fsp3) is 0.179. The van der Waals surface area contributed by atoms with Crippen LogP contribution in [0.5, 0.6) is 34.5 Å². The number of fused-ring (bicyclic) bond motifs is 1. The number of benzene rings is 3. The van der Waals surface area contributed by atoms with Gasteiger partial charge in [0.25, 0.3) is 0 Å². The summed E-state index contributed by atoms with van der Waals surface area (Å²) in [6.45, 7) is 0. The van der Waals surface area contributed by atoms with Crippen molar-refractivity contribution in [1.82, 2.24) is 4.98 Å². The van der Waals surface area contributed by atoms with Gasteiger partial charge in [-0.05, 0) is 67.4 Å². The van der Waals surface area contributed by atoms with Crippen LogP contribution >= 0.6 is 0 Å². The number of rotatable bonds is 8. The molecule has 0 atom stereocenters. The molecule has 1 fully saturated rings. The Bertz CT molecular complexity index is 1520. The van der Waals surface area contributed by atoms with Crippen molar-refractivity contribution in [3.05, 3.63) is 72.7 Å². The van der Waals surface area contributed by atoms with Crippen molar-refractivity contribution in [3.63, 3.8) is 0 Å². The van der Waals surface area contributed by atoms with Crippen LogP contribution < -0.4 is 24.3 Å². The summed E-state index contributed by atoms with van der Waals surface area (Å²) in [5.41, 5.74) is -0.377. The molecule has 0 saturated heterocycles. The number of esters is 1. The van der Waals surface area contributed by atoms with Gasteiger partial charge in [0, 0.05) is 18.0 Å². The summed E-state index contributed by atoms with van der Waals surface area (Å²) in [6, 6.07) is 14.8. The third-order valence-electron chi connectivity index (χ3n) is 6.25. The van der Waals surface area contributed by atoms with E-state index in [2.05, 4.69) is 10.3 Å². The largest absolute Gasteiger partial charge is 0.504 e. The van der Waals surface area contributed by atoms with E-state index in [1.54, 1.807) is 36.4 Å². The van der Waals surface area contributed by atoms with E-state index in [1.165, 1.54) is 44.7 Å². The Morgan fingerprint density at radius 1 is 0.947 bits per heavy atom. The number of anilines is 1. The van der Waals surface area contributed by atoms with Crippen molar-refractivity contribution >= 4 is 28.5 Å². The molecule has 1 amide bonds. The summed E-state index contributed by atoms with van der Waals surface area (Å²) in [7, 11) is 2.88. The van der Waals surface area contributed by atoms with Gasteiger partial charge in [0.15, 0.2) is 11.5 Å². The average molecular weight is 518 g/mol. The molecule has 5 rings (SSSR count). The maximum Gasteiger partial charge on any atom is 0.327 e. The molecule has 194 valence electrons. The first-order valence-electron chi connectivity index (χ1n) is 11.6. The van der Waals surface area contributed by atoms with Crippen molar-refractivity contribution < 1.29 is 38.0 Å². The zero-order valence-corrected chi connectivity index (χ0v) is 20.5. The maximum absolute atomic E-state index is 13.1. The molecule has 0 radical (unpaired) electrons. The van der Waals surface area contributed by atoms with Gasteiger partial charge in [-0.2, -0.15) is 0 Å². The van der Waals surface area contributed by atoms with Crippen LogP contribution in [0.1, 0.15) is 12.8 Å². The molecule has 9 nitrogen and oxygen atoms in total. The highest BCUT2D eigenvalue weighted by Crippen LogP contribution is 2.48. The van der Waals surface area contributed by atoms with Gasteiger partial charge < -0.3 is 29.4 Å². The van der Waals surface area contributed by atoms with Crippen molar-refractivity contribution in [2.75, 3.05) is 19.5 Å². The van der Waals surface area contributed by atoms with Crippen LogP contribution in [-0.4, -0.2) is 36.2 Å². The Hall–Kier alpha value is -4.86. The lowest BCUT2D eigenvalue weighted by atomic mass is 10.1. The summed E-state index contributed by atoms with van der Waals surface area (Å²) in [5.74, 6) is -0.363. The Balaban J connectivity index is 1.29. The van der Waals surface area contributed by atoms with E-state index in [4.69, 9.17) is 18.9 Å². The zero-order valence-electron chi connectivity index (χ0n) is 20.5. The van der Waals surface area contributed by atoms with Crippen LogP contribution in [0.4, 0.5) is 10.1 Å². The van der Waals surface area contributed by atoms with E-state index in [-0.39, 0.29) is 17.2 Å². The lowest BCUT2D eigenvalue weighted by Gasteiger charge is -2.16. The molecular weight excluding hydrogens is 495 g/mol. The smallest absolute Gasteiger partial charge is 0.327 e. The van der Waals surface area contributed by atoms with E-state index >= 15 is 0 Å². The Labute approximate surface area is 216 Å². The number of hydrogen-bond acceptors (Lipinski definition) is 8. The minimum absolute atomic E-state index is 0.155. The lowest BCUT2D eigenvalue weighted by Crippen LogP contribution is -2.34. The number of phenols is 1. The monoisotopic (exact) mass is 518 g/mol. The van der Waals surface area contributed by atoms with Gasteiger partial charge in [0.05, 0.1) is 25.1 Å². The number of amides is 1. The molecule has 0 spiro atoms. The lowest BCUT2D eigenvalue weighted by molar-refractivity contribution is -0.145. The fourth-order valence-electron chi connectivity index (χ4n) is 4.00. The summed E-state index contributed by atoms with van der Waals surface area (Å²) in [6.07, 6.45) is 2.25. The highest BCUT2D eigenvalue weighted by molar-refractivity contribution is 6.11. The van der Waals surface area contributed by atoms with Crippen LogP contribution in [0.25, 0.3) is 10.9 Å². The molecule has 1 saturated carbocycles. The Kier molecular flexibility index (Phi) is 6.46. The molecule has 2 N–H and O–H groups in total. The zero-order chi connectivity index (χ0) is 26.9. The van der Waals surface area contributed by atoms with Crippen molar-refractivity contribution in [2.24, 2.45) is 5.41 Å². The molecule has 0 bridgehead atoms. The van der Waals surface area contributed by atoms with Crippen molar-refractivity contribution in [1.29, 1.82) is 0 Å². The first kappa shape index (κ1) is 24.8. The molecule has 0 aliphatic heterocycles. The highest BCUT2D eigenvalue weighted by Gasteiger charge is 2.58. The van der Waals surface area contributed by atoms with Gasteiger partial charge in [0.1, 0.15) is 28.5 Å². The van der Waals surface area contributed by atoms with E-state index in [0.717, 1.165) is 0 Å². The number of pyridine rings is 1. The SMILES string of the molecule is COc1cc2nccc(Oc3ccc(NC(=O)C4(C(=O)Oc5ccc(F)cc5)CC4)cc3)c2c(O)c1OC. The number of nitrogens with one attached hydrogen (secondary N) is 1. The normalized spacial score (nSPS) is 13.4. The number of carbonyl (C=O) groups is 2. The first-order valence-corrected chi connectivity index (χ1v) is 11.6. The number of phenolic OH excluding ortho intramolecular Hbond substituents is 1. The summed E-state index contributed by atoms with van der Waals surface area (Å²) in [4.78, 5) is 29.8.